The highest BCUT2D eigenvalue weighted by atomic mass is 79.9. The van der Waals surface area contributed by atoms with E-state index in [1.165, 1.54) is 4.68 Å². The minimum atomic E-state index is -0.849. The quantitative estimate of drug-likeness (QED) is 0.425. The number of hydrogen-bond donors (Lipinski definition) is 3. The number of carbonyl (C=O) groups is 3. The molecule has 7 nitrogen and oxygen atoms in total. The van der Waals surface area contributed by atoms with Gasteiger partial charge in [-0.1, -0.05) is 38.8 Å². The monoisotopic (exact) mass is 534 g/mol. The van der Waals surface area contributed by atoms with Crippen LogP contribution in [0.5, 0.6) is 0 Å². The summed E-state index contributed by atoms with van der Waals surface area (Å²) in [6.07, 6.45) is 0.708. The fraction of sp³-hybridized carbons (Fsp3) is 0.190. The third-order valence-electron chi connectivity index (χ3n) is 4.39. The van der Waals surface area contributed by atoms with E-state index in [1.807, 2.05) is 32.0 Å². The second-order valence-electron chi connectivity index (χ2n) is 6.68. The Morgan fingerprint density at radius 1 is 0.967 bits per heavy atom. The van der Waals surface area contributed by atoms with Gasteiger partial charge in [0.1, 0.15) is 5.69 Å². The Labute approximate surface area is 190 Å². The van der Waals surface area contributed by atoms with Gasteiger partial charge in [0.25, 0.3) is 5.91 Å². The van der Waals surface area contributed by atoms with Crippen molar-refractivity contribution in [1.82, 2.24) is 9.99 Å². The van der Waals surface area contributed by atoms with Crippen molar-refractivity contribution < 1.29 is 14.4 Å². The van der Waals surface area contributed by atoms with Crippen molar-refractivity contribution in [2.75, 3.05) is 17.3 Å². The van der Waals surface area contributed by atoms with Crippen LogP contribution in [0.15, 0.2) is 51.4 Å². The zero-order valence-electron chi connectivity index (χ0n) is 16.4. The highest BCUT2D eigenvalue weighted by Gasteiger charge is 2.21. The average molecular weight is 536 g/mol. The van der Waals surface area contributed by atoms with E-state index < -0.39 is 17.7 Å². The van der Waals surface area contributed by atoms with E-state index in [2.05, 4.69) is 47.9 Å². The van der Waals surface area contributed by atoms with Crippen LogP contribution in [0.1, 0.15) is 29.4 Å². The van der Waals surface area contributed by atoms with Crippen molar-refractivity contribution in [1.29, 1.82) is 0 Å². The van der Waals surface area contributed by atoms with E-state index in [4.69, 9.17) is 0 Å². The van der Waals surface area contributed by atoms with Gasteiger partial charge in [0.15, 0.2) is 0 Å². The van der Waals surface area contributed by atoms with E-state index in [1.54, 1.807) is 24.3 Å². The van der Waals surface area contributed by atoms with E-state index in [9.17, 15) is 14.4 Å². The molecule has 0 radical (unpaired) electrons. The lowest BCUT2D eigenvalue weighted by Gasteiger charge is -2.13. The maximum atomic E-state index is 13.0. The van der Waals surface area contributed by atoms with Crippen LogP contribution >= 0.6 is 31.9 Å². The molecule has 0 aliphatic carbocycles. The summed E-state index contributed by atoms with van der Waals surface area (Å²) in [6, 6.07) is 12.5. The lowest BCUT2D eigenvalue weighted by atomic mass is 10.2. The van der Waals surface area contributed by atoms with Crippen molar-refractivity contribution in [3.8, 4) is 0 Å². The summed E-state index contributed by atoms with van der Waals surface area (Å²) in [7, 11) is 0. The number of halogens is 2. The number of nitrogens with one attached hydrogen (secondary N) is 3. The Hall–Kier alpha value is -2.65. The SMILES string of the molecule is CCCNC(=O)C(=O)Nn1c(C(=O)Nc2ccc(Br)cc2C)cc2cc(Br)ccc21. The minimum Gasteiger partial charge on any atom is -0.348 e. The summed E-state index contributed by atoms with van der Waals surface area (Å²) in [5.41, 5.74) is 4.85. The standard InChI is InChI=1S/C21H20Br2N4O3/c1-3-8-24-20(29)21(30)26-27-17-7-5-15(23)10-13(17)11-18(27)19(28)25-16-6-4-14(22)9-12(16)2/h4-7,9-11H,3,8H2,1-2H3,(H,24,29)(H,25,28)(H,26,30). The molecule has 1 heterocycles. The molecule has 3 rings (SSSR count). The van der Waals surface area contributed by atoms with Gasteiger partial charge in [-0.15, -0.1) is 0 Å². The van der Waals surface area contributed by atoms with Crippen LogP contribution in [0.4, 0.5) is 5.69 Å². The van der Waals surface area contributed by atoms with Crippen molar-refractivity contribution in [3.05, 3.63) is 62.7 Å². The maximum absolute atomic E-state index is 13.0. The fourth-order valence-electron chi connectivity index (χ4n) is 2.90. The predicted octanol–water partition coefficient (Wildman–Crippen LogP) is 4.32. The van der Waals surface area contributed by atoms with Crippen LogP contribution in [0, 0.1) is 6.92 Å². The number of hydrogen-bond acceptors (Lipinski definition) is 3. The molecule has 0 saturated carbocycles. The van der Waals surface area contributed by atoms with Gasteiger partial charge in [0.2, 0.25) is 0 Å². The van der Waals surface area contributed by atoms with Crippen molar-refractivity contribution in [3.63, 3.8) is 0 Å². The summed E-state index contributed by atoms with van der Waals surface area (Å²) >= 11 is 6.81. The van der Waals surface area contributed by atoms with Gasteiger partial charge in [-0.3, -0.25) is 19.8 Å². The van der Waals surface area contributed by atoms with Crippen LogP contribution in [0.2, 0.25) is 0 Å². The Bertz CT molecular complexity index is 1140. The van der Waals surface area contributed by atoms with Crippen molar-refractivity contribution in [2.45, 2.75) is 20.3 Å². The van der Waals surface area contributed by atoms with Gasteiger partial charge in [-0.25, -0.2) is 4.68 Å². The smallest absolute Gasteiger partial charge is 0.328 e. The molecule has 0 unspecified atom stereocenters. The first-order chi connectivity index (χ1) is 14.3. The molecule has 9 heteroatoms. The first-order valence-electron chi connectivity index (χ1n) is 9.28. The minimum absolute atomic E-state index is 0.196. The molecule has 30 heavy (non-hydrogen) atoms. The number of anilines is 1. The Morgan fingerprint density at radius 2 is 1.67 bits per heavy atom. The number of benzene rings is 2. The van der Waals surface area contributed by atoms with Crippen molar-refractivity contribution in [2.24, 2.45) is 0 Å². The second kappa shape index (κ2) is 9.44. The van der Waals surface area contributed by atoms with Gasteiger partial charge in [0.05, 0.1) is 5.52 Å². The van der Waals surface area contributed by atoms with Crippen LogP contribution in [0.3, 0.4) is 0 Å². The van der Waals surface area contributed by atoms with Gasteiger partial charge in [-0.05, 0) is 61.4 Å². The van der Waals surface area contributed by atoms with E-state index >= 15 is 0 Å². The highest BCUT2D eigenvalue weighted by molar-refractivity contribution is 9.10. The van der Waals surface area contributed by atoms with Crippen LogP contribution in [0.25, 0.3) is 10.9 Å². The van der Waals surface area contributed by atoms with E-state index in [0.29, 0.717) is 24.2 Å². The molecular formula is C21H20Br2N4O3. The molecule has 2 aromatic carbocycles. The topological polar surface area (TPSA) is 92.2 Å². The summed E-state index contributed by atoms with van der Waals surface area (Å²) in [6.45, 7) is 4.16. The molecule has 0 aliphatic heterocycles. The Kier molecular flexibility index (Phi) is 6.94. The molecular weight excluding hydrogens is 516 g/mol. The first-order valence-corrected chi connectivity index (χ1v) is 10.9. The van der Waals surface area contributed by atoms with E-state index in [0.717, 1.165) is 19.9 Å². The van der Waals surface area contributed by atoms with Gasteiger partial charge in [0, 0.05) is 26.6 Å². The largest absolute Gasteiger partial charge is 0.348 e. The number of nitrogens with zero attached hydrogens (tertiary/aromatic N) is 1. The Balaban J connectivity index is 1.96. The van der Waals surface area contributed by atoms with Gasteiger partial charge >= 0.3 is 11.8 Å². The highest BCUT2D eigenvalue weighted by Crippen LogP contribution is 2.25. The van der Waals surface area contributed by atoms with Gasteiger partial charge in [-0.2, -0.15) is 0 Å². The summed E-state index contributed by atoms with van der Waals surface area (Å²) < 4.78 is 3.07. The number of rotatable bonds is 5. The number of fused-ring (bicyclic) bond motifs is 1. The summed E-state index contributed by atoms with van der Waals surface area (Å²) in [5, 5.41) is 6.12. The van der Waals surface area contributed by atoms with Crippen molar-refractivity contribution >= 4 is 66.2 Å². The fourth-order valence-corrected chi connectivity index (χ4v) is 3.75. The third-order valence-corrected chi connectivity index (χ3v) is 5.37. The van der Waals surface area contributed by atoms with Crippen LogP contribution in [-0.4, -0.2) is 28.9 Å². The molecule has 0 atom stereocenters. The molecule has 3 N–H and O–H groups in total. The average Bonchev–Trinajstić information content (AvgIpc) is 3.05. The normalized spacial score (nSPS) is 10.7. The molecule has 156 valence electrons. The number of carbonyl (C=O) groups excluding carboxylic acids is 3. The number of aromatic nitrogens is 1. The third kappa shape index (κ3) is 4.91. The summed E-state index contributed by atoms with van der Waals surface area (Å²) in [5.74, 6) is -2.02. The zero-order valence-corrected chi connectivity index (χ0v) is 19.6. The molecule has 3 aromatic rings. The lowest BCUT2D eigenvalue weighted by molar-refractivity contribution is -0.136. The number of aryl methyl sites for hydroxylation is 1. The predicted molar refractivity (Wildman–Crippen MR) is 124 cm³/mol. The summed E-state index contributed by atoms with van der Waals surface area (Å²) in [4.78, 5) is 37.4. The van der Waals surface area contributed by atoms with E-state index in [-0.39, 0.29) is 5.69 Å². The second-order valence-corrected chi connectivity index (χ2v) is 8.51. The Morgan fingerprint density at radius 3 is 2.37 bits per heavy atom. The first kappa shape index (κ1) is 22.0. The number of amides is 3. The molecule has 0 aliphatic rings. The lowest BCUT2D eigenvalue weighted by Crippen LogP contribution is -2.40. The molecule has 3 amide bonds. The van der Waals surface area contributed by atoms with Gasteiger partial charge < -0.3 is 10.6 Å². The van der Waals surface area contributed by atoms with Crippen LogP contribution in [-0.2, 0) is 9.59 Å². The molecule has 0 bridgehead atoms. The molecule has 0 spiro atoms. The molecule has 1 aromatic heterocycles. The molecule has 0 saturated heterocycles. The molecule has 0 fully saturated rings. The maximum Gasteiger partial charge on any atom is 0.328 e. The zero-order chi connectivity index (χ0) is 21.8. The van der Waals surface area contributed by atoms with Crippen LogP contribution < -0.4 is 16.1 Å².